The van der Waals surface area contributed by atoms with Gasteiger partial charge in [-0.3, -0.25) is 9.89 Å². The first kappa shape index (κ1) is 20.7. The SMILES string of the molecule is COc1ccc(N(CCNS(=O)(=O)c2c(C)n[nH]c2C)C(C)=O)cc1OC. The molecule has 0 aliphatic rings. The highest BCUT2D eigenvalue weighted by Crippen LogP contribution is 2.31. The van der Waals surface area contributed by atoms with Crippen molar-refractivity contribution in [1.82, 2.24) is 14.9 Å². The molecule has 1 aromatic carbocycles. The van der Waals surface area contributed by atoms with E-state index in [1.807, 2.05) is 0 Å². The van der Waals surface area contributed by atoms with Gasteiger partial charge in [0.2, 0.25) is 15.9 Å². The van der Waals surface area contributed by atoms with Gasteiger partial charge in [0.15, 0.2) is 11.5 Å². The van der Waals surface area contributed by atoms with Crippen molar-refractivity contribution in [2.24, 2.45) is 0 Å². The number of hydrogen-bond acceptors (Lipinski definition) is 6. The molecule has 2 N–H and O–H groups in total. The number of benzene rings is 1. The molecule has 0 spiro atoms. The second-order valence-corrected chi connectivity index (χ2v) is 7.57. The molecule has 0 aliphatic carbocycles. The molecule has 0 fully saturated rings. The number of methoxy groups -OCH3 is 2. The van der Waals surface area contributed by atoms with Crippen molar-refractivity contribution < 1.29 is 22.7 Å². The minimum Gasteiger partial charge on any atom is -0.493 e. The second-order valence-electron chi connectivity index (χ2n) is 5.87. The van der Waals surface area contributed by atoms with Gasteiger partial charge in [-0.2, -0.15) is 5.10 Å². The van der Waals surface area contributed by atoms with Crippen LogP contribution in [-0.4, -0.2) is 51.8 Å². The van der Waals surface area contributed by atoms with Gasteiger partial charge in [-0.25, -0.2) is 13.1 Å². The molecular formula is C17H24N4O5S. The fourth-order valence-corrected chi connectivity index (χ4v) is 4.15. The maximum Gasteiger partial charge on any atom is 0.244 e. The maximum atomic E-state index is 12.5. The summed E-state index contributed by atoms with van der Waals surface area (Å²) in [5.74, 6) is 0.792. The number of amides is 1. The number of hydrogen-bond donors (Lipinski definition) is 2. The third kappa shape index (κ3) is 4.58. The van der Waals surface area contributed by atoms with Gasteiger partial charge in [0.05, 0.1) is 25.6 Å². The Hall–Kier alpha value is -2.59. The van der Waals surface area contributed by atoms with E-state index >= 15 is 0 Å². The lowest BCUT2D eigenvalue weighted by Crippen LogP contribution is -2.37. The smallest absolute Gasteiger partial charge is 0.244 e. The molecule has 0 saturated carbocycles. The number of aryl methyl sites for hydroxylation is 2. The van der Waals surface area contributed by atoms with E-state index in [1.165, 1.54) is 26.0 Å². The summed E-state index contributed by atoms with van der Waals surface area (Å²) in [6.07, 6.45) is 0. The molecular weight excluding hydrogens is 372 g/mol. The Balaban J connectivity index is 2.15. The van der Waals surface area contributed by atoms with Gasteiger partial charge >= 0.3 is 0 Å². The first-order chi connectivity index (χ1) is 12.7. The summed E-state index contributed by atoms with van der Waals surface area (Å²) in [7, 11) is -0.706. The monoisotopic (exact) mass is 396 g/mol. The molecule has 1 heterocycles. The maximum absolute atomic E-state index is 12.5. The molecule has 9 nitrogen and oxygen atoms in total. The Bertz CT molecular complexity index is 904. The Morgan fingerprint density at radius 2 is 1.89 bits per heavy atom. The van der Waals surface area contributed by atoms with E-state index < -0.39 is 10.0 Å². The standard InChI is InChI=1S/C17H24N4O5S/c1-11-17(12(2)20-19-11)27(23,24)18-8-9-21(13(3)22)14-6-7-15(25-4)16(10-14)26-5/h6-7,10,18H,8-9H2,1-5H3,(H,19,20). The first-order valence-electron chi connectivity index (χ1n) is 8.22. The van der Waals surface area contributed by atoms with Crippen LogP contribution in [0, 0.1) is 13.8 Å². The zero-order valence-electron chi connectivity index (χ0n) is 16.0. The third-order valence-electron chi connectivity index (χ3n) is 4.02. The molecule has 0 unspecified atom stereocenters. The van der Waals surface area contributed by atoms with Crippen LogP contribution in [0.3, 0.4) is 0 Å². The van der Waals surface area contributed by atoms with E-state index in [-0.39, 0.29) is 23.9 Å². The third-order valence-corrected chi connectivity index (χ3v) is 5.74. The van der Waals surface area contributed by atoms with Gasteiger partial charge < -0.3 is 14.4 Å². The van der Waals surface area contributed by atoms with E-state index in [0.29, 0.717) is 28.6 Å². The molecule has 0 saturated heterocycles. The molecule has 0 bridgehead atoms. The van der Waals surface area contributed by atoms with Gasteiger partial charge in [-0.05, 0) is 26.0 Å². The van der Waals surface area contributed by atoms with Crippen molar-refractivity contribution in [3.63, 3.8) is 0 Å². The number of anilines is 1. The zero-order valence-corrected chi connectivity index (χ0v) is 16.8. The number of nitrogens with zero attached hydrogens (tertiary/aromatic N) is 2. The van der Waals surface area contributed by atoms with Crippen molar-refractivity contribution in [3.8, 4) is 11.5 Å². The molecule has 2 rings (SSSR count). The summed E-state index contributed by atoms with van der Waals surface area (Å²) in [6.45, 7) is 4.86. The largest absolute Gasteiger partial charge is 0.493 e. The fraction of sp³-hybridized carbons (Fsp3) is 0.412. The number of carbonyl (C=O) groups excluding carboxylic acids is 1. The number of carbonyl (C=O) groups is 1. The lowest BCUT2D eigenvalue weighted by atomic mass is 10.2. The van der Waals surface area contributed by atoms with Gasteiger partial charge in [-0.15, -0.1) is 0 Å². The Morgan fingerprint density at radius 3 is 2.41 bits per heavy atom. The quantitative estimate of drug-likeness (QED) is 0.697. The minimum absolute atomic E-state index is 0.0420. The predicted octanol–water partition coefficient (Wildman–Crippen LogP) is 1.38. The first-order valence-corrected chi connectivity index (χ1v) is 9.71. The van der Waals surface area contributed by atoms with Crippen LogP contribution in [0.5, 0.6) is 11.5 Å². The summed E-state index contributed by atoms with van der Waals surface area (Å²) < 4.78 is 38.0. The fourth-order valence-electron chi connectivity index (χ4n) is 2.76. The van der Waals surface area contributed by atoms with E-state index in [1.54, 1.807) is 32.0 Å². The van der Waals surface area contributed by atoms with Crippen LogP contribution in [0.25, 0.3) is 0 Å². The van der Waals surface area contributed by atoms with Crippen molar-refractivity contribution in [2.75, 3.05) is 32.2 Å². The van der Waals surface area contributed by atoms with E-state index in [0.717, 1.165) is 0 Å². The summed E-state index contributed by atoms with van der Waals surface area (Å²) >= 11 is 0. The van der Waals surface area contributed by atoms with Crippen LogP contribution in [0.15, 0.2) is 23.1 Å². The van der Waals surface area contributed by atoms with Gasteiger partial charge in [0.25, 0.3) is 0 Å². The van der Waals surface area contributed by atoms with E-state index in [4.69, 9.17) is 9.47 Å². The van der Waals surface area contributed by atoms with Crippen molar-refractivity contribution in [3.05, 3.63) is 29.6 Å². The topological polar surface area (TPSA) is 114 Å². The number of sulfonamides is 1. The van der Waals surface area contributed by atoms with Gasteiger partial charge in [0.1, 0.15) is 4.90 Å². The van der Waals surface area contributed by atoms with E-state index in [2.05, 4.69) is 14.9 Å². The molecule has 1 aromatic heterocycles. The zero-order chi connectivity index (χ0) is 20.2. The Morgan fingerprint density at radius 1 is 1.22 bits per heavy atom. The molecule has 27 heavy (non-hydrogen) atoms. The molecule has 2 aromatic rings. The highest BCUT2D eigenvalue weighted by atomic mass is 32.2. The average molecular weight is 396 g/mol. The van der Waals surface area contributed by atoms with Crippen molar-refractivity contribution in [2.45, 2.75) is 25.7 Å². The Labute approximate surface area is 158 Å². The molecule has 0 atom stereocenters. The van der Waals surface area contributed by atoms with E-state index in [9.17, 15) is 13.2 Å². The number of H-pyrrole nitrogens is 1. The van der Waals surface area contributed by atoms with Crippen LogP contribution < -0.4 is 19.1 Å². The van der Waals surface area contributed by atoms with Crippen molar-refractivity contribution in [1.29, 1.82) is 0 Å². The molecule has 1 amide bonds. The molecule has 0 radical (unpaired) electrons. The van der Waals surface area contributed by atoms with Crippen LogP contribution in [0.1, 0.15) is 18.3 Å². The van der Waals surface area contributed by atoms with Crippen LogP contribution in [0.4, 0.5) is 5.69 Å². The molecule has 148 valence electrons. The number of aromatic amines is 1. The summed E-state index contributed by atoms with van der Waals surface area (Å²) in [5, 5.41) is 6.55. The molecule has 10 heteroatoms. The number of nitrogens with one attached hydrogen (secondary N) is 2. The Kier molecular flexibility index (Phi) is 6.45. The van der Waals surface area contributed by atoms with Gasteiger partial charge in [-0.1, -0.05) is 0 Å². The van der Waals surface area contributed by atoms with Crippen molar-refractivity contribution >= 4 is 21.6 Å². The van der Waals surface area contributed by atoms with Crippen LogP contribution in [0.2, 0.25) is 0 Å². The van der Waals surface area contributed by atoms with Gasteiger partial charge in [0, 0.05) is 31.8 Å². The average Bonchev–Trinajstić information content (AvgIpc) is 2.97. The van der Waals surface area contributed by atoms with Crippen LogP contribution in [-0.2, 0) is 14.8 Å². The second kappa shape index (κ2) is 8.40. The summed E-state index contributed by atoms with van der Waals surface area (Å²) in [4.78, 5) is 13.6. The van der Waals surface area contributed by atoms with Crippen LogP contribution >= 0.6 is 0 Å². The molecule has 0 aliphatic heterocycles. The summed E-state index contributed by atoms with van der Waals surface area (Å²) in [6, 6.07) is 5.06. The number of rotatable bonds is 8. The highest BCUT2D eigenvalue weighted by Gasteiger charge is 2.22. The lowest BCUT2D eigenvalue weighted by Gasteiger charge is -2.22. The lowest BCUT2D eigenvalue weighted by molar-refractivity contribution is -0.116. The number of aromatic nitrogens is 2. The summed E-state index contributed by atoms with van der Waals surface area (Å²) in [5.41, 5.74) is 1.43. The minimum atomic E-state index is -3.73. The predicted molar refractivity (Wildman–Crippen MR) is 101 cm³/mol. The normalized spacial score (nSPS) is 11.3. The highest BCUT2D eigenvalue weighted by molar-refractivity contribution is 7.89. The number of ether oxygens (including phenoxy) is 2.